The number of anilines is 1. The summed E-state index contributed by atoms with van der Waals surface area (Å²) in [5.74, 6) is 0.780. The van der Waals surface area contributed by atoms with Crippen molar-refractivity contribution in [1.82, 2.24) is 14.8 Å². The molecule has 4 rings (SSSR count). The number of thioether (sulfide) groups is 1. The first-order valence-corrected chi connectivity index (χ1v) is 13.2. The lowest BCUT2D eigenvalue weighted by molar-refractivity contribution is -0.113. The molecule has 3 aromatic carbocycles. The van der Waals surface area contributed by atoms with Crippen LogP contribution in [0, 0.1) is 6.92 Å². The minimum absolute atomic E-state index is 0.0860. The number of aryl methyl sites for hydroxylation is 1. The summed E-state index contributed by atoms with van der Waals surface area (Å²) in [6, 6.07) is 16.8. The summed E-state index contributed by atoms with van der Waals surface area (Å²) in [6.07, 6.45) is 0. The molecule has 0 bridgehead atoms. The van der Waals surface area contributed by atoms with Crippen molar-refractivity contribution in [3.63, 3.8) is 0 Å². The van der Waals surface area contributed by atoms with Gasteiger partial charge in [0.15, 0.2) is 11.0 Å². The molecule has 8 nitrogen and oxygen atoms in total. The van der Waals surface area contributed by atoms with Gasteiger partial charge in [-0.25, -0.2) is 4.79 Å². The summed E-state index contributed by atoms with van der Waals surface area (Å²) < 4.78 is 13.0. The highest BCUT2D eigenvalue weighted by Crippen LogP contribution is 2.28. The first-order valence-electron chi connectivity index (χ1n) is 11.8. The Balaban J connectivity index is 1.39. The number of nitrogens with zero attached hydrogens (tertiary/aromatic N) is 3. The number of carbonyl (C=O) groups excluding carboxylic acids is 2. The number of benzene rings is 3. The van der Waals surface area contributed by atoms with Gasteiger partial charge in [0.2, 0.25) is 5.91 Å². The highest BCUT2D eigenvalue weighted by Gasteiger charge is 2.16. The zero-order chi connectivity index (χ0) is 26.4. The predicted molar refractivity (Wildman–Crippen MR) is 145 cm³/mol. The fourth-order valence-corrected chi connectivity index (χ4v) is 4.82. The van der Waals surface area contributed by atoms with E-state index >= 15 is 0 Å². The Hall–Kier alpha value is -3.56. The van der Waals surface area contributed by atoms with E-state index in [4.69, 9.17) is 21.1 Å². The van der Waals surface area contributed by atoms with E-state index in [9.17, 15) is 9.59 Å². The van der Waals surface area contributed by atoms with Crippen LogP contribution in [0.25, 0.3) is 10.8 Å². The van der Waals surface area contributed by atoms with E-state index in [0.717, 1.165) is 22.1 Å². The van der Waals surface area contributed by atoms with Crippen molar-refractivity contribution in [2.24, 2.45) is 0 Å². The average Bonchev–Trinajstić information content (AvgIpc) is 3.30. The molecule has 1 N–H and O–H groups in total. The molecule has 0 saturated heterocycles. The van der Waals surface area contributed by atoms with E-state index in [1.165, 1.54) is 17.8 Å². The molecule has 0 aliphatic carbocycles. The van der Waals surface area contributed by atoms with Crippen LogP contribution in [0.1, 0.15) is 35.6 Å². The summed E-state index contributed by atoms with van der Waals surface area (Å²) >= 11 is 7.46. The molecule has 0 aliphatic heterocycles. The molecule has 10 heteroatoms. The Morgan fingerprint density at radius 2 is 1.89 bits per heavy atom. The third-order valence-corrected chi connectivity index (χ3v) is 7.00. The van der Waals surface area contributed by atoms with Gasteiger partial charge in [0, 0.05) is 6.54 Å². The van der Waals surface area contributed by atoms with Crippen molar-refractivity contribution >= 4 is 51.7 Å². The molecule has 192 valence electrons. The number of hydrogen-bond acceptors (Lipinski definition) is 7. The van der Waals surface area contributed by atoms with Crippen molar-refractivity contribution in [1.29, 1.82) is 0 Å². The molecule has 0 aliphatic rings. The number of esters is 1. The first-order chi connectivity index (χ1) is 17.9. The standard InChI is InChI=1S/C27H27ClN4O4S/c1-4-32-24(15-36-23-13-11-18-8-6-7-9-20(18)17(23)3)30-31-27(32)37-16-25(33)29-22-14-19(10-12-21(22)28)26(34)35-5-2/h6-14H,4-5,15-16H2,1-3H3,(H,29,33). The number of rotatable bonds is 10. The van der Waals surface area contributed by atoms with Crippen molar-refractivity contribution in [3.8, 4) is 5.75 Å². The number of amides is 1. The van der Waals surface area contributed by atoms with Crippen LogP contribution in [-0.2, 0) is 22.7 Å². The maximum absolute atomic E-state index is 12.6. The minimum atomic E-state index is -0.478. The molecule has 0 fully saturated rings. The highest BCUT2D eigenvalue weighted by molar-refractivity contribution is 7.99. The summed E-state index contributed by atoms with van der Waals surface area (Å²) in [5, 5.41) is 14.5. The second-order valence-electron chi connectivity index (χ2n) is 8.09. The molecule has 0 saturated carbocycles. The molecular weight excluding hydrogens is 512 g/mol. The fourth-order valence-electron chi connectivity index (χ4n) is 3.83. The number of aromatic nitrogens is 3. The lowest BCUT2D eigenvalue weighted by Gasteiger charge is -2.12. The second kappa shape index (κ2) is 12.1. The van der Waals surface area contributed by atoms with Crippen molar-refractivity contribution in [2.45, 2.75) is 39.1 Å². The predicted octanol–water partition coefficient (Wildman–Crippen LogP) is 5.90. The van der Waals surface area contributed by atoms with Crippen LogP contribution < -0.4 is 10.1 Å². The van der Waals surface area contributed by atoms with Gasteiger partial charge < -0.3 is 19.4 Å². The Labute approximate surface area is 224 Å². The zero-order valence-electron chi connectivity index (χ0n) is 20.8. The fraction of sp³-hybridized carbons (Fsp3) is 0.259. The van der Waals surface area contributed by atoms with Crippen LogP contribution in [0.2, 0.25) is 5.02 Å². The third kappa shape index (κ3) is 6.23. The molecule has 0 unspecified atom stereocenters. The lowest BCUT2D eigenvalue weighted by atomic mass is 10.0. The van der Waals surface area contributed by atoms with Gasteiger partial charge >= 0.3 is 5.97 Å². The zero-order valence-corrected chi connectivity index (χ0v) is 22.4. The van der Waals surface area contributed by atoms with Gasteiger partial charge in [-0.3, -0.25) is 4.79 Å². The highest BCUT2D eigenvalue weighted by atomic mass is 35.5. The number of nitrogens with one attached hydrogen (secondary N) is 1. The number of fused-ring (bicyclic) bond motifs is 1. The van der Waals surface area contributed by atoms with Crippen molar-refractivity contribution in [2.75, 3.05) is 17.7 Å². The molecular formula is C27H27ClN4O4S. The maximum Gasteiger partial charge on any atom is 0.338 e. The Morgan fingerprint density at radius 1 is 1.08 bits per heavy atom. The summed E-state index contributed by atoms with van der Waals surface area (Å²) in [6.45, 7) is 6.89. The van der Waals surface area contributed by atoms with Gasteiger partial charge in [-0.15, -0.1) is 10.2 Å². The van der Waals surface area contributed by atoms with Crippen LogP contribution in [0.4, 0.5) is 5.69 Å². The molecule has 1 heterocycles. The third-order valence-electron chi connectivity index (χ3n) is 5.70. The van der Waals surface area contributed by atoms with Crippen molar-refractivity contribution in [3.05, 3.63) is 76.6 Å². The largest absolute Gasteiger partial charge is 0.485 e. The average molecular weight is 539 g/mol. The van der Waals surface area contributed by atoms with E-state index in [1.807, 2.05) is 42.7 Å². The monoisotopic (exact) mass is 538 g/mol. The normalized spacial score (nSPS) is 10.9. The number of halogens is 1. The van der Waals surface area contributed by atoms with Gasteiger partial charge in [-0.1, -0.05) is 53.7 Å². The van der Waals surface area contributed by atoms with E-state index in [-0.39, 0.29) is 24.9 Å². The van der Waals surface area contributed by atoms with Gasteiger partial charge in [0.25, 0.3) is 0 Å². The van der Waals surface area contributed by atoms with Crippen LogP contribution in [0.15, 0.2) is 59.8 Å². The Morgan fingerprint density at radius 3 is 2.68 bits per heavy atom. The van der Waals surface area contributed by atoms with Gasteiger partial charge in [-0.2, -0.15) is 0 Å². The summed E-state index contributed by atoms with van der Waals surface area (Å²) in [7, 11) is 0. The van der Waals surface area contributed by atoms with Crippen LogP contribution in [0.5, 0.6) is 5.75 Å². The van der Waals surface area contributed by atoms with Gasteiger partial charge in [-0.05, 0) is 61.4 Å². The number of ether oxygens (including phenoxy) is 2. The van der Waals surface area contributed by atoms with E-state index in [0.29, 0.717) is 33.8 Å². The first kappa shape index (κ1) is 26.5. The SMILES string of the molecule is CCOC(=O)c1ccc(Cl)c(NC(=O)CSc2nnc(COc3ccc4ccccc4c3C)n2CC)c1. The van der Waals surface area contributed by atoms with Crippen LogP contribution in [-0.4, -0.2) is 39.0 Å². The number of hydrogen-bond donors (Lipinski definition) is 1. The summed E-state index contributed by atoms with van der Waals surface area (Å²) in [5.41, 5.74) is 1.72. The minimum Gasteiger partial charge on any atom is -0.485 e. The van der Waals surface area contributed by atoms with Crippen LogP contribution >= 0.6 is 23.4 Å². The van der Waals surface area contributed by atoms with E-state index in [2.05, 4.69) is 27.6 Å². The van der Waals surface area contributed by atoms with Crippen LogP contribution in [0.3, 0.4) is 0 Å². The van der Waals surface area contributed by atoms with Gasteiger partial charge in [0.05, 0.1) is 28.6 Å². The molecule has 1 aromatic heterocycles. The quantitative estimate of drug-likeness (QED) is 0.198. The lowest BCUT2D eigenvalue weighted by Crippen LogP contribution is -2.16. The Bertz CT molecular complexity index is 1440. The van der Waals surface area contributed by atoms with E-state index < -0.39 is 5.97 Å². The van der Waals surface area contributed by atoms with Crippen molar-refractivity contribution < 1.29 is 19.1 Å². The maximum atomic E-state index is 12.6. The van der Waals surface area contributed by atoms with E-state index in [1.54, 1.807) is 19.1 Å². The second-order valence-corrected chi connectivity index (χ2v) is 9.44. The molecule has 4 aromatic rings. The molecule has 37 heavy (non-hydrogen) atoms. The number of carbonyl (C=O) groups is 2. The summed E-state index contributed by atoms with van der Waals surface area (Å²) in [4.78, 5) is 24.6. The smallest absolute Gasteiger partial charge is 0.338 e. The molecule has 0 radical (unpaired) electrons. The topological polar surface area (TPSA) is 95.3 Å². The molecule has 0 atom stereocenters. The Kier molecular flexibility index (Phi) is 8.68. The molecule has 0 spiro atoms. The van der Waals surface area contributed by atoms with Gasteiger partial charge in [0.1, 0.15) is 12.4 Å². The molecule has 1 amide bonds.